The first-order valence-electron chi connectivity index (χ1n) is 6.50. The molecule has 0 aliphatic heterocycles. The van der Waals surface area contributed by atoms with Crippen molar-refractivity contribution in [2.24, 2.45) is 0 Å². The average Bonchev–Trinajstić information content (AvgIpc) is 2.43. The van der Waals surface area contributed by atoms with Gasteiger partial charge in [-0.05, 0) is 36.4 Å². The molecule has 0 unspecified atom stereocenters. The molecule has 0 heterocycles. The molecule has 0 saturated heterocycles. The van der Waals surface area contributed by atoms with Gasteiger partial charge in [-0.1, -0.05) is 0 Å². The Bertz CT molecular complexity index is 1170. The predicted octanol–water partition coefficient (Wildman–Crippen LogP) is -0.140. The molecule has 27 heavy (non-hydrogen) atoms. The molecule has 15 heteroatoms. The molecule has 0 fully saturated rings. The summed E-state index contributed by atoms with van der Waals surface area (Å²) in [6.07, 6.45) is 0. The topological polar surface area (TPSA) is 241 Å². The molecule has 0 spiro atoms. The first kappa shape index (κ1) is 22.6. The van der Waals surface area contributed by atoms with E-state index >= 15 is 0 Å². The van der Waals surface area contributed by atoms with E-state index in [0.717, 1.165) is 24.3 Å². The van der Waals surface area contributed by atoms with Gasteiger partial charge < -0.3 is 17.2 Å². The predicted molar refractivity (Wildman–Crippen MR) is 95.6 cm³/mol. The summed E-state index contributed by atoms with van der Waals surface area (Å²) >= 11 is 0. The SMILES string of the molecule is Nc1cc(S(=O)(=O)O)ccc1S(=O)(=O)O.Nc1ccc(S(=O)(=O)O)c(N)c1. The van der Waals surface area contributed by atoms with Crippen molar-refractivity contribution in [1.29, 1.82) is 0 Å². The Morgan fingerprint density at radius 2 is 1.00 bits per heavy atom. The second-order valence-corrected chi connectivity index (χ2v) is 9.12. The van der Waals surface area contributed by atoms with Gasteiger partial charge in [0.15, 0.2) is 0 Å². The molecule has 0 amide bonds. The third-order valence-corrected chi connectivity index (χ3v) is 5.57. The van der Waals surface area contributed by atoms with Gasteiger partial charge in [0.25, 0.3) is 30.4 Å². The lowest BCUT2D eigenvalue weighted by atomic mass is 10.3. The van der Waals surface area contributed by atoms with Crippen LogP contribution in [0.5, 0.6) is 0 Å². The molecular formula is C12H15N3O9S3. The van der Waals surface area contributed by atoms with Crippen molar-refractivity contribution >= 4 is 47.4 Å². The van der Waals surface area contributed by atoms with Crippen molar-refractivity contribution in [2.45, 2.75) is 14.7 Å². The van der Waals surface area contributed by atoms with E-state index in [1.807, 2.05) is 0 Å². The van der Waals surface area contributed by atoms with Crippen LogP contribution in [-0.2, 0) is 30.4 Å². The summed E-state index contributed by atoms with van der Waals surface area (Å²) in [6.45, 7) is 0. The van der Waals surface area contributed by atoms with Crippen LogP contribution < -0.4 is 17.2 Å². The van der Waals surface area contributed by atoms with E-state index in [1.165, 1.54) is 12.1 Å². The van der Waals surface area contributed by atoms with Crippen molar-refractivity contribution < 1.29 is 38.9 Å². The van der Waals surface area contributed by atoms with E-state index in [2.05, 4.69) is 0 Å². The molecule has 0 radical (unpaired) electrons. The van der Waals surface area contributed by atoms with Gasteiger partial charge in [0, 0.05) is 5.69 Å². The summed E-state index contributed by atoms with van der Waals surface area (Å²) in [4.78, 5) is -1.49. The van der Waals surface area contributed by atoms with Crippen LogP contribution in [0.3, 0.4) is 0 Å². The van der Waals surface area contributed by atoms with Gasteiger partial charge in [-0.3, -0.25) is 13.7 Å². The van der Waals surface area contributed by atoms with Crippen LogP contribution in [0.15, 0.2) is 51.1 Å². The van der Waals surface area contributed by atoms with Crippen LogP contribution in [0.1, 0.15) is 0 Å². The summed E-state index contributed by atoms with van der Waals surface area (Å²) in [7, 11) is -13.2. The summed E-state index contributed by atoms with van der Waals surface area (Å²) in [5.74, 6) is 0. The summed E-state index contributed by atoms with van der Waals surface area (Å²) in [5.41, 5.74) is 15.6. The molecule has 150 valence electrons. The van der Waals surface area contributed by atoms with Gasteiger partial charge >= 0.3 is 0 Å². The van der Waals surface area contributed by atoms with Crippen LogP contribution >= 0.6 is 0 Å². The third-order valence-electron chi connectivity index (χ3n) is 2.87. The van der Waals surface area contributed by atoms with Crippen molar-refractivity contribution in [2.75, 3.05) is 17.2 Å². The Hall–Kier alpha value is -2.43. The first-order chi connectivity index (χ1) is 12.0. The minimum absolute atomic E-state index is 0.0579. The van der Waals surface area contributed by atoms with Crippen molar-refractivity contribution in [3.8, 4) is 0 Å². The Kier molecular flexibility index (Phi) is 6.42. The van der Waals surface area contributed by atoms with Gasteiger partial charge in [0.05, 0.1) is 16.3 Å². The van der Waals surface area contributed by atoms with Crippen molar-refractivity contribution in [1.82, 2.24) is 0 Å². The van der Waals surface area contributed by atoms with Gasteiger partial charge in [-0.25, -0.2) is 0 Å². The molecule has 9 N–H and O–H groups in total. The van der Waals surface area contributed by atoms with Gasteiger partial charge in [0.1, 0.15) is 9.79 Å². The van der Waals surface area contributed by atoms with Crippen LogP contribution in [0, 0.1) is 0 Å². The minimum atomic E-state index is -4.50. The fourth-order valence-corrected chi connectivity index (χ4v) is 3.43. The lowest BCUT2D eigenvalue weighted by molar-refractivity contribution is 0.479. The van der Waals surface area contributed by atoms with Gasteiger partial charge in [-0.15, -0.1) is 0 Å². The highest BCUT2D eigenvalue weighted by Gasteiger charge is 2.17. The van der Waals surface area contributed by atoms with Gasteiger partial charge in [0.2, 0.25) is 0 Å². The molecule has 2 aromatic carbocycles. The second kappa shape index (κ2) is 7.67. The van der Waals surface area contributed by atoms with Gasteiger partial charge in [-0.2, -0.15) is 25.3 Å². The fraction of sp³-hybridized carbons (Fsp3) is 0. The largest absolute Gasteiger partial charge is 0.399 e. The number of hydrogen-bond donors (Lipinski definition) is 6. The summed E-state index contributed by atoms with van der Waals surface area (Å²) in [6, 6.07) is 6.10. The van der Waals surface area contributed by atoms with E-state index in [1.54, 1.807) is 0 Å². The monoisotopic (exact) mass is 441 g/mol. The Morgan fingerprint density at radius 3 is 1.33 bits per heavy atom. The van der Waals surface area contributed by atoms with E-state index in [9.17, 15) is 25.3 Å². The van der Waals surface area contributed by atoms with Crippen molar-refractivity contribution in [3.05, 3.63) is 36.4 Å². The number of rotatable bonds is 3. The molecule has 0 aliphatic rings. The maximum atomic E-state index is 10.7. The maximum Gasteiger partial charge on any atom is 0.296 e. The first-order valence-corrected chi connectivity index (χ1v) is 10.8. The molecule has 0 bridgehead atoms. The molecule has 0 saturated carbocycles. The Morgan fingerprint density at radius 1 is 0.593 bits per heavy atom. The molecule has 0 atom stereocenters. The quantitative estimate of drug-likeness (QED) is 0.269. The number of hydrogen-bond acceptors (Lipinski definition) is 9. The van der Waals surface area contributed by atoms with Crippen LogP contribution in [0.4, 0.5) is 17.1 Å². The third kappa shape index (κ3) is 6.35. The van der Waals surface area contributed by atoms with Crippen molar-refractivity contribution in [3.63, 3.8) is 0 Å². The second-order valence-electron chi connectivity index (χ2n) is 4.92. The highest BCUT2D eigenvalue weighted by Crippen LogP contribution is 2.22. The van der Waals surface area contributed by atoms with Crippen LogP contribution in [0.25, 0.3) is 0 Å². The highest BCUT2D eigenvalue weighted by atomic mass is 32.2. The minimum Gasteiger partial charge on any atom is -0.399 e. The number of benzene rings is 2. The Balaban J connectivity index is 0.000000277. The molecule has 12 nitrogen and oxygen atoms in total. The standard InChI is InChI=1S/C6H8N2O3S.C6H7NO6S2/c7-4-1-2-6(5(8)3-4)12(9,10)11;7-5-3-4(14(8,9)10)1-2-6(5)15(11,12)13/h1-3H,7-8H2,(H,9,10,11);1-3H,7H2,(H,8,9,10)(H,11,12,13). The lowest BCUT2D eigenvalue weighted by Crippen LogP contribution is -2.05. The highest BCUT2D eigenvalue weighted by molar-refractivity contribution is 7.86. The fourth-order valence-electron chi connectivity index (χ4n) is 1.72. The zero-order valence-electron chi connectivity index (χ0n) is 13.2. The zero-order valence-corrected chi connectivity index (χ0v) is 15.7. The van der Waals surface area contributed by atoms with E-state index < -0.39 is 45.8 Å². The smallest absolute Gasteiger partial charge is 0.296 e. The molecule has 0 aromatic heterocycles. The Labute approximate surface area is 154 Å². The molecule has 2 rings (SSSR count). The number of anilines is 3. The maximum absolute atomic E-state index is 10.7. The normalized spacial score (nSPS) is 12.1. The lowest BCUT2D eigenvalue weighted by Gasteiger charge is -2.03. The van der Waals surface area contributed by atoms with Crippen LogP contribution in [0.2, 0.25) is 0 Å². The van der Waals surface area contributed by atoms with E-state index in [0.29, 0.717) is 5.69 Å². The molecular weight excluding hydrogens is 426 g/mol. The summed E-state index contributed by atoms with van der Waals surface area (Å²) < 4.78 is 89.7. The van der Waals surface area contributed by atoms with E-state index in [-0.39, 0.29) is 10.6 Å². The number of nitrogen functional groups attached to an aromatic ring is 3. The molecule has 0 aliphatic carbocycles. The number of nitrogens with two attached hydrogens (primary N) is 3. The molecule has 2 aromatic rings. The average molecular weight is 441 g/mol. The van der Waals surface area contributed by atoms with E-state index in [4.69, 9.17) is 30.9 Å². The zero-order chi connectivity index (χ0) is 21.2. The summed E-state index contributed by atoms with van der Waals surface area (Å²) in [5, 5.41) is 0. The van der Waals surface area contributed by atoms with Crippen LogP contribution in [-0.4, -0.2) is 38.9 Å².